The highest BCUT2D eigenvalue weighted by Gasteiger charge is 2.19. The molecular formula is C8H15N3O2. The van der Waals surface area contributed by atoms with E-state index in [0.29, 0.717) is 5.92 Å². The summed E-state index contributed by atoms with van der Waals surface area (Å²) in [4.78, 5) is 10.3. The smallest absolute Gasteiger partial charge is 0.332 e. The number of amides is 2. The van der Waals surface area contributed by atoms with Crippen LogP contribution in [0.5, 0.6) is 0 Å². The Hall–Kier alpha value is -1.10. The molecule has 5 nitrogen and oxygen atoms in total. The zero-order chi connectivity index (χ0) is 9.68. The van der Waals surface area contributed by atoms with Gasteiger partial charge in [0, 0.05) is 12.3 Å². The molecule has 1 rings (SSSR count). The zero-order valence-electron chi connectivity index (χ0n) is 7.49. The van der Waals surface area contributed by atoms with Gasteiger partial charge >= 0.3 is 6.03 Å². The van der Waals surface area contributed by atoms with E-state index in [4.69, 9.17) is 10.8 Å². The Balaban J connectivity index is 2.31. The van der Waals surface area contributed by atoms with Crippen LogP contribution < -0.4 is 11.2 Å². The van der Waals surface area contributed by atoms with Crippen molar-refractivity contribution in [2.24, 2.45) is 16.8 Å². The molecule has 4 N–H and O–H groups in total. The van der Waals surface area contributed by atoms with E-state index < -0.39 is 6.03 Å². The molecule has 13 heavy (non-hydrogen) atoms. The number of aliphatic hydroxyl groups is 1. The maximum Gasteiger partial charge on any atom is 0.332 e. The number of carbonyl (C=O) groups is 1. The van der Waals surface area contributed by atoms with Crippen LogP contribution in [-0.2, 0) is 0 Å². The average molecular weight is 185 g/mol. The number of nitrogens with zero attached hydrogens (tertiary/aromatic N) is 1. The SMILES string of the molecule is NC(=O)N/N=C1/CC[C@@H](CCO)C1. The molecule has 0 aliphatic heterocycles. The van der Waals surface area contributed by atoms with Crippen molar-refractivity contribution < 1.29 is 9.90 Å². The lowest BCUT2D eigenvalue weighted by atomic mass is 10.1. The number of hydrazone groups is 1. The molecule has 0 heterocycles. The average Bonchev–Trinajstić information content (AvgIpc) is 2.50. The summed E-state index contributed by atoms with van der Waals surface area (Å²) < 4.78 is 0. The molecule has 1 aliphatic rings. The second-order valence-corrected chi connectivity index (χ2v) is 3.28. The van der Waals surface area contributed by atoms with Gasteiger partial charge in [0.1, 0.15) is 0 Å². The van der Waals surface area contributed by atoms with E-state index in [9.17, 15) is 4.79 Å². The first kappa shape index (κ1) is 9.98. The van der Waals surface area contributed by atoms with Gasteiger partial charge in [0.25, 0.3) is 0 Å². The topological polar surface area (TPSA) is 87.7 Å². The lowest BCUT2D eigenvalue weighted by Crippen LogP contribution is -2.25. The fourth-order valence-corrected chi connectivity index (χ4v) is 1.57. The van der Waals surface area contributed by atoms with Crippen LogP contribution in [-0.4, -0.2) is 23.5 Å². The van der Waals surface area contributed by atoms with Gasteiger partial charge in [-0.2, -0.15) is 5.10 Å². The Morgan fingerprint density at radius 2 is 2.54 bits per heavy atom. The van der Waals surface area contributed by atoms with Crippen LogP contribution in [0, 0.1) is 5.92 Å². The minimum absolute atomic E-state index is 0.223. The highest BCUT2D eigenvalue weighted by molar-refractivity contribution is 5.87. The van der Waals surface area contributed by atoms with E-state index in [2.05, 4.69) is 10.5 Å². The maximum atomic E-state index is 10.3. The Labute approximate surface area is 77.0 Å². The van der Waals surface area contributed by atoms with Crippen molar-refractivity contribution in [3.63, 3.8) is 0 Å². The molecule has 2 amide bonds. The summed E-state index contributed by atoms with van der Waals surface area (Å²) in [6, 6.07) is -0.627. The van der Waals surface area contributed by atoms with E-state index in [-0.39, 0.29) is 6.61 Å². The van der Waals surface area contributed by atoms with Gasteiger partial charge in [-0.3, -0.25) is 0 Å². The molecule has 1 aliphatic carbocycles. The molecule has 0 saturated heterocycles. The predicted octanol–water partition coefficient (Wildman–Crippen LogP) is 0.193. The first-order valence-electron chi connectivity index (χ1n) is 4.44. The molecule has 0 spiro atoms. The number of aliphatic hydroxyl groups excluding tert-OH is 1. The zero-order valence-corrected chi connectivity index (χ0v) is 7.49. The fourth-order valence-electron chi connectivity index (χ4n) is 1.57. The summed E-state index contributed by atoms with van der Waals surface area (Å²) in [6.45, 7) is 0.223. The van der Waals surface area contributed by atoms with Gasteiger partial charge in [-0.15, -0.1) is 0 Å². The van der Waals surface area contributed by atoms with Gasteiger partial charge in [0.2, 0.25) is 0 Å². The highest BCUT2D eigenvalue weighted by atomic mass is 16.3. The molecule has 5 heteroatoms. The van der Waals surface area contributed by atoms with Crippen LogP contribution in [0.2, 0.25) is 0 Å². The Morgan fingerprint density at radius 1 is 1.77 bits per heavy atom. The number of nitrogens with two attached hydrogens (primary N) is 1. The summed E-state index contributed by atoms with van der Waals surface area (Å²) in [5.74, 6) is 0.512. The summed E-state index contributed by atoms with van der Waals surface area (Å²) in [6.07, 6.45) is 3.61. The summed E-state index contributed by atoms with van der Waals surface area (Å²) >= 11 is 0. The van der Waals surface area contributed by atoms with Crippen molar-refractivity contribution in [1.29, 1.82) is 0 Å². The predicted molar refractivity (Wildman–Crippen MR) is 49.2 cm³/mol. The summed E-state index contributed by atoms with van der Waals surface area (Å²) in [5, 5.41) is 12.6. The van der Waals surface area contributed by atoms with E-state index in [1.165, 1.54) is 0 Å². The van der Waals surface area contributed by atoms with Crippen molar-refractivity contribution in [3.8, 4) is 0 Å². The number of hydrogen-bond acceptors (Lipinski definition) is 3. The van der Waals surface area contributed by atoms with Crippen LogP contribution >= 0.6 is 0 Å². The Bertz CT molecular complexity index is 215. The fraction of sp³-hybridized carbons (Fsp3) is 0.750. The van der Waals surface area contributed by atoms with Crippen LogP contribution in [0.3, 0.4) is 0 Å². The highest BCUT2D eigenvalue weighted by Crippen LogP contribution is 2.25. The molecule has 1 fully saturated rings. The molecule has 1 atom stereocenters. The molecule has 0 bridgehead atoms. The Morgan fingerprint density at radius 3 is 3.15 bits per heavy atom. The minimum Gasteiger partial charge on any atom is -0.396 e. The minimum atomic E-state index is -0.627. The second kappa shape index (κ2) is 4.81. The largest absolute Gasteiger partial charge is 0.396 e. The molecule has 1 saturated carbocycles. The van der Waals surface area contributed by atoms with Crippen molar-refractivity contribution in [3.05, 3.63) is 0 Å². The van der Waals surface area contributed by atoms with Gasteiger partial charge in [0.05, 0.1) is 0 Å². The van der Waals surface area contributed by atoms with Crippen LogP contribution in [0.4, 0.5) is 4.79 Å². The van der Waals surface area contributed by atoms with E-state index in [1.807, 2.05) is 0 Å². The van der Waals surface area contributed by atoms with E-state index in [1.54, 1.807) is 0 Å². The van der Waals surface area contributed by atoms with E-state index >= 15 is 0 Å². The molecule has 0 unspecified atom stereocenters. The van der Waals surface area contributed by atoms with Crippen molar-refractivity contribution in [2.75, 3.05) is 6.61 Å². The molecular weight excluding hydrogens is 170 g/mol. The van der Waals surface area contributed by atoms with Gasteiger partial charge in [0.15, 0.2) is 0 Å². The quantitative estimate of drug-likeness (QED) is 0.548. The second-order valence-electron chi connectivity index (χ2n) is 3.28. The third-order valence-electron chi connectivity index (χ3n) is 2.23. The van der Waals surface area contributed by atoms with Crippen molar-refractivity contribution in [2.45, 2.75) is 25.7 Å². The van der Waals surface area contributed by atoms with Crippen LogP contribution in [0.1, 0.15) is 25.7 Å². The van der Waals surface area contributed by atoms with Gasteiger partial charge in [-0.25, -0.2) is 10.2 Å². The first-order valence-corrected chi connectivity index (χ1v) is 4.44. The van der Waals surface area contributed by atoms with Gasteiger partial charge < -0.3 is 10.8 Å². The van der Waals surface area contributed by atoms with Crippen molar-refractivity contribution in [1.82, 2.24) is 5.43 Å². The number of rotatable bonds is 3. The van der Waals surface area contributed by atoms with Crippen LogP contribution in [0.25, 0.3) is 0 Å². The third kappa shape index (κ3) is 3.42. The van der Waals surface area contributed by atoms with Gasteiger partial charge in [-0.1, -0.05) is 0 Å². The molecule has 0 aromatic rings. The molecule has 0 radical (unpaired) electrons. The summed E-state index contributed by atoms with van der Waals surface area (Å²) in [7, 11) is 0. The van der Waals surface area contributed by atoms with Crippen LogP contribution in [0.15, 0.2) is 5.10 Å². The standard InChI is InChI=1S/C8H15N3O2/c9-8(13)11-10-7-2-1-6(5-7)3-4-12/h6,12H,1-5H2,(H3,9,11,13)/b10-7-/t6-/m0/s1. The number of nitrogens with one attached hydrogen (secondary N) is 1. The number of urea groups is 1. The number of carbonyl (C=O) groups excluding carboxylic acids is 1. The van der Waals surface area contributed by atoms with E-state index in [0.717, 1.165) is 31.4 Å². The number of primary amides is 1. The normalized spacial score (nSPS) is 25.0. The third-order valence-corrected chi connectivity index (χ3v) is 2.23. The lowest BCUT2D eigenvalue weighted by molar-refractivity contribution is 0.249. The van der Waals surface area contributed by atoms with Gasteiger partial charge in [-0.05, 0) is 31.6 Å². The maximum absolute atomic E-state index is 10.3. The monoisotopic (exact) mass is 185 g/mol. The molecule has 0 aromatic heterocycles. The lowest BCUT2D eigenvalue weighted by Gasteiger charge is -2.03. The molecule has 74 valence electrons. The summed E-state index contributed by atoms with van der Waals surface area (Å²) in [5.41, 5.74) is 8.05. The Kier molecular flexibility index (Phi) is 3.70. The molecule has 0 aromatic carbocycles. The van der Waals surface area contributed by atoms with Crippen molar-refractivity contribution >= 4 is 11.7 Å². The number of hydrogen-bond donors (Lipinski definition) is 3. The first-order chi connectivity index (χ1) is 6.22.